The predicted molar refractivity (Wildman–Crippen MR) is 68.7 cm³/mol. The number of nitrogens with one attached hydrogen (secondary N) is 1. The van der Waals surface area contributed by atoms with Crippen LogP contribution in [-0.2, 0) is 16.0 Å². The summed E-state index contributed by atoms with van der Waals surface area (Å²) in [7, 11) is 0. The number of fused-ring (bicyclic) bond motifs is 1. The summed E-state index contributed by atoms with van der Waals surface area (Å²) >= 11 is 0. The van der Waals surface area contributed by atoms with Crippen LogP contribution in [0, 0.1) is 5.92 Å². The van der Waals surface area contributed by atoms with E-state index in [2.05, 4.69) is 5.32 Å². The van der Waals surface area contributed by atoms with Crippen LogP contribution in [0.5, 0.6) is 5.75 Å². The molecule has 96 valence electrons. The van der Waals surface area contributed by atoms with Gasteiger partial charge in [-0.15, -0.1) is 0 Å². The van der Waals surface area contributed by atoms with Gasteiger partial charge in [-0.3, -0.25) is 9.59 Å². The minimum atomic E-state index is -0.0121. The quantitative estimate of drug-likeness (QED) is 0.887. The first-order chi connectivity index (χ1) is 8.56. The van der Waals surface area contributed by atoms with Gasteiger partial charge in [-0.1, -0.05) is 13.8 Å². The third-order valence-electron chi connectivity index (χ3n) is 3.00. The van der Waals surface area contributed by atoms with E-state index < -0.39 is 0 Å². The van der Waals surface area contributed by atoms with E-state index in [-0.39, 0.29) is 24.2 Å². The molecule has 4 heteroatoms. The first-order valence-corrected chi connectivity index (χ1v) is 6.14. The van der Waals surface area contributed by atoms with Crippen LogP contribution in [0.1, 0.15) is 25.8 Å². The summed E-state index contributed by atoms with van der Waals surface area (Å²) in [6.07, 6.45) is 1.22. The first kappa shape index (κ1) is 12.6. The number of amides is 1. The monoisotopic (exact) mass is 247 g/mol. The van der Waals surface area contributed by atoms with Crippen molar-refractivity contribution in [2.45, 2.75) is 26.7 Å². The zero-order valence-electron chi connectivity index (χ0n) is 10.7. The van der Waals surface area contributed by atoms with Crippen LogP contribution in [0.15, 0.2) is 18.2 Å². The average Bonchev–Trinajstić information content (AvgIpc) is 2.35. The Labute approximate surface area is 106 Å². The summed E-state index contributed by atoms with van der Waals surface area (Å²) in [6.45, 7) is 3.81. The highest BCUT2D eigenvalue weighted by Crippen LogP contribution is 2.26. The molecule has 18 heavy (non-hydrogen) atoms. The predicted octanol–water partition coefficient (Wildman–Crippen LogP) is 2.18. The Kier molecular flexibility index (Phi) is 3.65. The smallest absolute Gasteiger partial charge is 0.224 e. The fourth-order valence-electron chi connectivity index (χ4n) is 1.77. The SMILES string of the molecule is CC(C)C(=O)COc1ccc2c(c1)CCC(=O)N2. The van der Waals surface area contributed by atoms with Gasteiger partial charge in [0.15, 0.2) is 5.78 Å². The van der Waals surface area contributed by atoms with Gasteiger partial charge >= 0.3 is 0 Å². The second-order valence-electron chi connectivity index (χ2n) is 4.78. The summed E-state index contributed by atoms with van der Waals surface area (Å²) in [5.41, 5.74) is 1.90. The number of aryl methyl sites for hydroxylation is 1. The molecule has 1 N–H and O–H groups in total. The molecule has 1 aromatic rings. The van der Waals surface area contributed by atoms with Crippen LogP contribution < -0.4 is 10.1 Å². The van der Waals surface area contributed by atoms with E-state index in [1.165, 1.54) is 0 Å². The number of ketones is 1. The Morgan fingerprint density at radius 3 is 2.89 bits per heavy atom. The van der Waals surface area contributed by atoms with E-state index in [4.69, 9.17) is 4.74 Å². The van der Waals surface area contributed by atoms with E-state index in [1.807, 2.05) is 26.0 Å². The maximum absolute atomic E-state index is 11.5. The zero-order chi connectivity index (χ0) is 13.1. The van der Waals surface area contributed by atoms with Crippen LogP contribution in [0.4, 0.5) is 5.69 Å². The molecule has 0 radical (unpaired) electrons. The molecule has 0 aliphatic carbocycles. The molecule has 0 atom stereocenters. The molecule has 0 saturated carbocycles. The Bertz CT molecular complexity index is 480. The summed E-state index contributed by atoms with van der Waals surface area (Å²) in [4.78, 5) is 22.7. The van der Waals surface area contributed by atoms with Gasteiger partial charge in [-0.05, 0) is 30.2 Å². The van der Waals surface area contributed by atoms with Gasteiger partial charge in [0.05, 0.1) is 0 Å². The fourth-order valence-corrected chi connectivity index (χ4v) is 1.77. The molecule has 1 amide bonds. The van der Waals surface area contributed by atoms with Gasteiger partial charge in [-0.2, -0.15) is 0 Å². The third-order valence-corrected chi connectivity index (χ3v) is 3.00. The summed E-state index contributed by atoms with van der Waals surface area (Å²) in [6, 6.07) is 5.49. The van der Waals surface area contributed by atoms with Gasteiger partial charge < -0.3 is 10.1 Å². The van der Waals surface area contributed by atoms with E-state index >= 15 is 0 Å². The Hall–Kier alpha value is -1.84. The lowest BCUT2D eigenvalue weighted by Crippen LogP contribution is -2.19. The normalized spacial score (nSPS) is 14.1. The molecule has 0 bridgehead atoms. The van der Waals surface area contributed by atoms with Crippen molar-refractivity contribution >= 4 is 17.4 Å². The van der Waals surface area contributed by atoms with Crippen molar-refractivity contribution in [1.29, 1.82) is 0 Å². The molecule has 4 nitrogen and oxygen atoms in total. The number of ether oxygens (including phenoxy) is 1. The van der Waals surface area contributed by atoms with Gasteiger partial charge in [0.2, 0.25) is 5.91 Å². The van der Waals surface area contributed by atoms with Crippen molar-refractivity contribution < 1.29 is 14.3 Å². The van der Waals surface area contributed by atoms with Crippen molar-refractivity contribution in [3.05, 3.63) is 23.8 Å². The second kappa shape index (κ2) is 5.21. The molecule has 0 fully saturated rings. The highest BCUT2D eigenvalue weighted by molar-refractivity contribution is 5.94. The Morgan fingerprint density at radius 2 is 2.17 bits per heavy atom. The molecule has 1 heterocycles. The van der Waals surface area contributed by atoms with Gasteiger partial charge in [0.1, 0.15) is 12.4 Å². The standard InChI is InChI=1S/C14H17NO3/c1-9(2)13(16)8-18-11-4-5-12-10(7-11)3-6-14(17)15-12/h4-5,7,9H,3,6,8H2,1-2H3,(H,15,17). The molecule has 0 aromatic heterocycles. The van der Waals surface area contributed by atoms with E-state index in [0.29, 0.717) is 12.2 Å². The van der Waals surface area contributed by atoms with Gasteiger partial charge in [0.25, 0.3) is 0 Å². The van der Waals surface area contributed by atoms with Crippen LogP contribution in [0.3, 0.4) is 0 Å². The summed E-state index contributed by atoms with van der Waals surface area (Å²) < 4.78 is 5.46. The number of benzene rings is 1. The lowest BCUT2D eigenvalue weighted by Gasteiger charge is -2.17. The average molecular weight is 247 g/mol. The number of Topliss-reactive ketones (excluding diaryl/α,β-unsaturated/α-hetero) is 1. The summed E-state index contributed by atoms with van der Waals surface area (Å²) in [5, 5.41) is 2.81. The molecule has 1 aliphatic rings. The number of rotatable bonds is 4. The zero-order valence-corrected chi connectivity index (χ0v) is 10.7. The fraction of sp³-hybridized carbons (Fsp3) is 0.429. The van der Waals surface area contributed by atoms with Crippen LogP contribution in [-0.4, -0.2) is 18.3 Å². The number of hydrogen-bond donors (Lipinski definition) is 1. The lowest BCUT2D eigenvalue weighted by molar-refractivity contribution is -0.123. The lowest BCUT2D eigenvalue weighted by atomic mass is 10.0. The number of hydrogen-bond acceptors (Lipinski definition) is 3. The molecular weight excluding hydrogens is 230 g/mol. The van der Waals surface area contributed by atoms with Crippen LogP contribution >= 0.6 is 0 Å². The maximum Gasteiger partial charge on any atom is 0.224 e. The molecule has 0 spiro atoms. The van der Waals surface area contributed by atoms with Gasteiger partial charge in [0, 0.05) is 18.0 Å². The third kappa shape index (κ3) is 2.88. The number of carbonyl (C=O) groups excluding carboxylic acids is 2. The van der Waals surface area contributed by atoms with Crippen LogP contribution in [0.2, 0.25) is 0 Å². The van der Waals surface area contributed by atoms with Crippen molar-refractivity contribution in [1.82, 2.24) is 0 Å². The van der Waals surface area contributed by atoms with Crippen molar-refractivity contribution in [3.63, 3.8) is 0 Å². The molecule has 0 unspecified atom stereocenters. The highest BCUT2D eigenvalue weighted by Gasteiger charge is 2.15. The van der Waals surface area contributed by atoms with Crippen molar-refractivity contribution in [2.24, 2.45) is 5.92 Å². The number of carbonyl (C=O) groups is 2. The molecule has 2 rings (SSSR count). The molecule has 0 saturated heterocycles. The van der Waals surface area contributed by atoms with Crippen LogP contribution in [0.25, 0.3) is 0 Å². The molecule has 1 aliphatic heterocycles. The van der Waals surface area contributed by atoms with E-state index in [9.17, 15) is 9.59 Å². The van der Waals surface area contributed by atoms with Gasteiger partial charge in [-0.25, -0.2) is 0 Å². The largest absolute Gasteiger partial charge is 0.486 e. The Morgan fingerprint density at radius 1 is 1.39 bits per heavy atom. The first-order valence-electron chi connectivity index (χ1n) is 6.14. The topological polar surface area (TPSA) is 55.4 Å². The van der Waals surface area contributed by atoms with Crippen molar-refractivity contribution in [3.8, 4) is 5.75 Å². The minimum Gasteiger partial charge on any atom is -0.486 e. The minimum absolute atomic E-state index is 0.0121. The molecule has 1 aromatic carbocycles. The summed E-state index contributed by atoms with van der Waals surface area (Å²) in [5.74, 6) is 0.799. The Balaban J connectivity index is 2.03. The highest BCUT2D eigenvalue weighted by atomic mass is 16.5. The van der Waals surface area contributed by atoms with E-state index in [0.717, 1.165) is 17.7 Å². The number of anilines is 1. The van der Waals surface area contributed by atoms with Crippen molar-refractivity contribution in [2.75, 3.05) is 11.9 Å². The molecular formula is C14H17NO3. The van der Waals surface area contributed by atoms with E-state index in [1.54, 1.807) is 6.07 Å². The maximum atomic E-state index is 11.5. The second-order valence-corrected chi connectivity index (χ2v) is 4.78.